The van der Waals surface area contributed by atoms with Gasteiger partial charge in [-0.15, -0.1) is 20.4 Å². The molecule has 0 unspecified atom stereocenters. The van der Waals surface area contributed by atoms with Crippen molar-refractivity contribution in [1.29, 1.82) is 0 Å². The summed E-state index contributed by atoms with van der Waals surface area (Å²) in [4.78, 5) is 22.2. The zero-order valence-electron chi connectivity index (χ0n) is 10.6. The minimum atomic E-state index is -0.729. The average molecular weight is 275 g/mol. The van der Waals surface area contributed by atoms with Crippen LogP contribution in [0, 0.1) is 17.0 Å². The van der Waals surface area contributed by atoms with Gasteiger partial charge in [0.25, 0.3) is 5.69 Å². The maximum Gasteiger partial charge on any atom is 0.338 e. The minimum absolute atomic E-state index is 0.0193. The lowest BCUT2D eigenvalue weighted by Gasteiger charge is -2.06. The Bertz CT molecular complexity index is 671. The molecule has 0 bridgehead atoms. The topological polar surface area (TPSA) is 121 Å². The van der Waals surface area contributed by atoms with Gasteiger partial charge < -0.3 is 4.74 Å². The number of methoxy groups -OCH3 is 1. The zero-order valence-corrected chi connectivity index (χ0v) is 10.6. The number of hydrogen-bond donors (Lipinski definition) is 0. The number of carbonyl (C=O) groups excluding carboxylic acids is 1. The monoisotopic (exact) mass is 275 g/mol. The van der Waals surface area contributed by atoms with Crippen molar-refractivity contribution in [2.45, 2.75) is 6.92 Å². The molecule has 0 N–H and O–H groups in total. The van der Waals surface area contributed by atoms with Gasteiger partial charge in [-0.2, -0.15) is 0 Å². The number of benzene rings is 1. The molecule has 0 aliphatic heterocycles. The highest BCUT2D eigenvalue weighted by atomic mass is 16.6. The van der Waals surface area contributed by atoms with Crippen LogP contribution in [-0.2, 0) is 4.74 Å². The predicted octanol–water partition coefficient (Wildman–Crippen LogP) is 0.937. The highest BCUT2D eigenvalue weighted by molar-refractivity contribution is 5.98. The van der Waals surface area contributed by atoms with Crippen molar-refractivity contribution in [3.05, 3.63) is 39.7 Å². The van der Waals surface area contributed by atoms with Gasteiger partial charge >= 0.3 is 5.97 Å². The molecule has 0 amide bonds. The summed E-state index contributed by atoms with van der Waals surface area (Å²) in [5.74, 6) is -0.525. The quantitative estimate of drug-likeness (QED) is 0.460. The summed E-state index contributed by atoms with van der Waals surface area (Å²) in [6.07, 6.45) is 0. The molecular formula is C11H9N5O4. The maximum absolute atomic E-state index is 11.7. The van der Waals surface area contributed by atoms with E-state index in [1.807, 2.05) is 0 Å². The first-order valence-corrected chi connectivity index (χ1v) is 5.44. The van der Waals surface area contributed by atoms with Crippen molar-refractivity contribution in [2.75, 3.05) is 7.11 Å². The van der Waals surface area contributed by atoms with Crippen molar-refractivity contribution in [3.8, 4) is 11.4 Å². The molecule has 1 aromatic carbocycles. The van der Waals surface area contributed by atoms with Crippen LogP contribution in [0.3, 0.4) is 0 Å². The summed E-state index contributed by atoms with van der Waals surface area (Å²) in [6.45, 7) is 1.57. The summed E-state index contributed by atoms with van der Waals surface area (Å²) < 4.78 is 4.60. The van der Waals surface area contributed by atoms with Gasteiger partial charge in [-0.3, -0.25) is 10.1 Å². The maximum atomic E-state index is 11.7. The molecule has 0 saturated heterocycles. The normalized spacial score (nSPS) is 10.1. The van der Waals surface area contributed by atoms with Crippen molar-refractivity contribution in [1.82, 2.24) is 20.4 Å². The molecule has 102 valence electrons. The lowest BCUT2D eigenvalue weighted by Crippen LogP contribution is -2.08. The van der Waals surface area contributed by atoms with Crippen molar-refractivity contribution >= 4 is 11.7 Å². The largest absolute Gasteiger partial charge is 0.465 e. The van der Waals surface area contributed by atoms with Gasteiger partial charge in [0.05, 0.1) is 17.6 Å². The lowest BCUT2D eigenvalue weighted by atomic mass is 10.0. The molecule has 0 fully saturated rings. The van der Waals surface area contributed by atoms with Crippen LogP contribution >= 0.6 is 0 Å². The smallest absolute Gasteiger partial charge is 0.338 e. The van der Waals surface area contributed by atoms with E-state index in [1.54, 1.807) is 6.92 Å². The molecule has 2 aromatic rings. The van der Waals surface area contributed by atoms with Gasteiger partial charge in [-0.1, -0.05) is 6.07 Å². The third-order valence-corrected chi connectivity index (χ3v) is 2.45. The number of esters is 1. The summed E-state index contributed by atoms with van der Waals surface area (Å²) in [6, 6.07) is 4.01. The van der Waals surface area contributed by atoms with Crippen LogP contribution < -0.4 is 0 Å². The Kier molecular flexibility index (Phi) is 3.60. The highest BCUT2D eigenvalue weighted by Crippen LogP contribution is 2.30. The second-order valence-electron chi connectivity index (χ2n) is 3.72. The molecular weight excluding hydrogens is 266 g/mol. The number of nitro groups is 1. The van der Waals surface area contributed by atoms with Crippen molar-refractivity contribution < 1.29 is 14.5 Å². The summed E-state index contributed by atoms with van der Waals surface area (Å²) in [7, 11) is 1.18. The molecule has 0 saturated carbocycles. The van der Waals surface area contributed by atoms with Gasteiger partial charge in [0.1, 0.15) is 5.56 Å². The van der Waals surface area contributed by atoms with Crippen LogP contribution in [0.5, 0.6) is 0 Å². The summed E-state index contributed by atoms with van der Waals surface area (Å²) in [5, 5.41) is 25.9. The molecule has 9 nitrogen and oxygen atoms in total. The van der Waals surface area contributed by atoms with Gasteiger partial charge in [-0.05, 0) is 13.0 Å². The average Bonchev–Trinajstić information content (AvgIpc) is 2.46. The summed E-state index contributed by atoms with van der Waals surface area (Å²) >= 11 is 0. The standard InChI is InChI=1S/C11H9N5O4/c1-6-12-14-10(15-13-6)9-7(11(17)20-2)4-3-5-8(9)16(18)19/h3-5H,1-2H3. The zero-order chi connectivity index (χ0) is 14.7. The number of carbonyl (C=O) groups is 1. The Labute approximate surface area is 112 Å². The molecule has 0 aliphatic carbocycles. The number of hydrogen-bond acceptors (Lipinski definition) is 8. The molecule has 0 spiro atoms. The molecule has 2 rings (SSSR count). The van der Waals surface area contributed by atoms with Crippen LogP contribution in [0.15, 0.2) is 18.2 Å². The van der Waals surface area contributed by atoms with Crippen LogP contribution in [0.25, 0.3) is 11.4 Å². The Morgan fingerprint density at radius 3 is 2.45 bits per heavy atom. The number of rotatable bonds is 3. The van der Waals surface area contributed by atoms with E-state index in [0.717, 1.165) is 0 Å². The van der Waals surface area contributed by atoms with Gasteiger partial charge in [-0.25, -0.2) is 4.79 Å². The van der Waals surface area contributed by atoms with E-state index >= 15 is 0 Å². The fraction of sp³-hybridized carbons (Fsp3) is 0.182. The molecule has 0 radical (unpaired) electrons. The van der Waals surface area contributed by atoms with Crippen LogP contribution in [0.1, 0.15) is 16.2 Å². The second-order valence-corrected chi connectivity index (χ2v) is 3.72. The number of aromatic nitrogens is 4. The highest BCUT2D eigenvalue weighted by Gasteiger charge is 2.26. The van der Waals surface area contributed by atoms with Gasteiger partial charge in [0, 0.05) is 6.07 Å². The SMILES string of the molecule is COC(=O)c1cccc([N+](=O)[O-])c1-c1nnc(C)nn1. The Morgan fingerprint density at radius 2 is 1.90 bits per heavy atom. The predicted molar refractivity (Wildman–Crippen MR) is 65.8 cm³/mol. The van der Waals surface area contributed by atoms with E-state index in [9.17, 15) is 14.9 Å². The van der Waals surface area contributed by atoms with Crippen molar-refractivity contribution in [2.24, 2.45) is 0 Å². The fourth-order valence-corrected chi connectivity index (χ4v) is 1.59. The van der Waals surface area contributed by atoms with Crippen LogP contribution in [-0.4, -0.2) is 38.4 Å². The van der Waals surface area contributed by atoms with Gasteiger partial charge in [0.2, 0.25) is 5.82 Å². The number of aryl methyl sites for hydroxylation is 1. The summed E-state index contributed by atoms with van der Waals surface area (Å²) in [5.41, 5.74) is -0.404. The fourth-order valence-electron chi connectivity index (χ4n) is 1.59. The van der Waals surface area contributed by atoms with Crippen molar-refractivity contribution in [3.63, 3.8) is 0 Å². The van der Waals surface area contributed by atoms with E-state index in [-0.39, 0.29) is 22.6 Å². The Balaban J connectivity index is 2.72. The third kappa shape index (κ3) is 2.41. The number of ether oxygens (including phenoxy) is 1. The van der Waals surface area contributed by atoms with E-state index in [2.05, 4.69) is 25.1 Å². The van der Waals surface area contributed by atoms with Crippen LogP contribution in [0.4, 0.5) is 5.69 Å². The minimum Gasteiger partial charge on any atom is -0.465 e. The molecule has 20 heavy (non-hydrogen) atoms. The van der Waals surface area contributed by atoms with Gasteiger partial charge in [0.15, 0.2) is 5.82 Å². The van der Waals surface area contributed by atoms with E-state index in [0.29, 0.717) is 5.82 Å². The van der Waals surface area contributed by atoms with Crippen LogP contribution in [0.2, 0.25) is 0 Å². The molecule has 0 atom stereocenters. The van der Waals surface area contributed by atoms with E-state index in [1.165, 1.54) is 25.3 Å². The Morgan fingerprint density at radius 1 is 1.25 bits per heavy atom. The molecule has 0 aliphatic rings. The third-order valence-electron chi connectivity index (χ3n) is 2.45. The first-order valence-electron chi connectivity index (χ1n) is 5.44. The molecule has 1 aromatic heterocycles. The first kappa shape index (κ1) is 13.5. The van der Waals surface area contributed by atoms with E-state index in [4.69, 9.17) is 0 Å². The Hall–Kier alpha value is -2.97. The molecule has 1 heterocycles. The molecule has 9 heteroatoms. The van der Waals surface area contributed by atoms with E-state index < -0.39 is 10.9 Å². The second kappa shape index (κ2) is 5.34. The number of nitro benzene ring substituents is 1. The number of nitrogens with zero attached hydrogens (tertiary/aromatic N) is 5. The first-order chi connectivity index (χ1) is 9.54. The lowest BCUT2D eigenvalue weighted by molar-refractivity contribution is -0.384.